The van der Waals surface area contributed by atoms with E-state index >= 15 is 0 Å². The van der Waals surface area contributed by atoms with Gasteiger partial charge < -0.3 is 15.5 Å². The molecule has 9 heteroatoms. The molecule has 1 aliphatic heterocycles. The summed E-state index contributed by atoms with van der Waals surface area (Å²) in [5.74, 6) is 0. The number of pyridine rings is 1. The molecule has 6 nitrogen and oxygen atoms in total. The number of aryl methyl sites for hydroxylation is 1. The molecule has 1 aliphatic rings. The number of hydrogen-bond acceptors (Lipinski definition) is 4. The molecule has 0 atom stereocenters. The summed E-state index contributed by atoms with van der Waals surface area (Å²) >= 11 is 0. The summed E-state index contributed by atoms with van der Waals surface area (Å²) in [6.07, 6.45) is 1.51. The van der Waals surface area contributed by atoms with Crippen molar-refractivity contribution in [3.63, 3.8) is 0 Å². The second-order valence-corrected chi connectivity index (χ2v) is 7.66. The molecule has 0 unspecified atom stereocenters. The number of benzene rings is 2. The Morgan fingerprint density at radius 1 is 1.09 bits per heavy atom. The number of urea groups is 1. The predicted octanol–water partition coefficient (Wildman–Crippen LogP) is 6.17. The maximum Gasteiger partial charge on any atom is 0.416 e. The molecule has 0 bridgehead atoms. The maximum atomic E-state index is 13.2. The van der Waals surface area contributed by atoms with Gasteiger partial charge in [0, 0.05) is 43.8 Å². The molecule has 0 spiro atoms. The molecule has 0 saturated carbocycles. The molecule has 0 saturated heterocycles. The van der Waals surface area contributed by atoms with Crippen LogP contribution in [0.2, 0.25) is 0 Å². The number of nitrogens with one attached hydrogen (secondary N) is 2. The summed E-state index contributed by atoms with van der Waals surface area (Å²) < 4.78 is 39.5. The zero-order chi connectivity index (χ0) is 23.4. The minimum absolute atomic E-state index is 0.0512. The number of nitrogens with zero attached hydrogens (tertiary/aromatic N) is 3. The molecule has 33 heavy (non-hydrogen) atoms. The lowest BCUT2D eigenvalue weighted by Gasteiger charge is -2.25. The van der Waals surface area contributed by atoms with Gasteiger partial charge in [-0.2, -0.15) is 13.2 Å². The van der Waals surface area contributed by atoms with E-state index in [0.29, 0.717) is 17.9 Å². The number of carbonyl (C=O) groups excluding carboxylic acids is 1. The Morgan fingerprint density at radius 2 is 1.88 bits per heavy atom. The van der Waals surface area contributed by atoms with Crippen molar-refractivity contribution in [3.8, 4) is 0 Å². The van der Waals surface area contributed by atoms with Gasteiger partial charge >= 0.3 is 12.2 Å². The monoisotopic (exact) mass is 453 g/mol. The van der Waals surface area contributed by atoms with Gasteiger partial charge in [-0.3, -0.25) is 9.98 Å². The molecule has 2 heterocycles. The van der Waals surface area contributed by atoms with Crippen LogP contribution < -0.4 is 15.5 Å². The van der Waals surface area contributed by atoms with Gasteiger partial charge in [0.1, 0.15) is 5.69 Å². The molecule has 0 radical (unpaired) electrons. The van der Waals surface area contributed by atoms with Gasteiger partial charge in [0.05, 0.1) is 16.9 Å². The molecule has 170 valence electrons. The van der Waals surface area contributed by atoms with Crippen molar-refractivity contribution in [1.29, 1.82) is 0 Å². The summed E-state index contributed by atoms with van der Waals surface area (Å²) in [5.41, 5.74) is 2.36. The Hall–Kier alpha value is -3.88. The number of para-hydroxylation sites is 1. The van der Waals surface area contributed by atoms with E-state index in [9.17, 15) is 18.0 Å². The molecule has 0 fully saturated rings. The molecule has 2 N–H and O–H groups in total. The Labute approximate surface area is 189 Å². The summed E-state index contributed by atoms with van der Waals surface area (Å²) in [4.78, 5) is 23.3. The second-order valence-electron chi connectivity index (χ2n) is 7.66. The summed E-state index contributed by atoms with van der Waals surface area (Å²) in [6.45, 7) is 2.78. The van der Waals surface area contributed by atoms with Crippen molar-refractivity contribution >= 4 is 35.0 Å². The molecule has 3 aromatic rings. The van der Waals surface area contributed by atoms with Crippen molar-refractivity contribution in [2.75, 3.05) is 22.1 Å². The maximum absolute atomic E-state index is 13.2. The van der Waals surface area contributed by atoms with Crippen LogP contribution in [-0.4, -0.2) is 23.8 Å². The fourth-order valence-corrected chi connectivity index (χ4v) is 3.68. The first-order valence-electron chi connectivity index (χ1n) is 10.4. The van der Waals surface area contributed by atoms with Crippen LogP contribution in [0.25, 0.3) is 0 Å². The SMILES string of the molecule is Cc1ccc(NC(=O)Nc2cccc3c2N=CCCN3Cc2ccncc2)cc1C(F)(F)F. The zero-order valence-corrected chi connectivity index (χ0v) is 17.9. The van der Waals surface area contributed by atoms with Crippen molar-refractivity contribution in [2.24, 2.45) is 4.99 Å². The summed E-state index contributed by atoms with van der Waals surface area (Å²) in [7, 11) is 0. The average Bonchev–Trinajstić information content (AvgIpc) is 2.98. The van der Waals surface area contributed by atoms with Crippen LogP contribution in [0.4, 0.5) is 40.7 Å². The predicted molar refractivity (Wildman–Crippen MR) is 123 cm³/mol. The highest BCUT2D eigenvalue weighted by atomic mass is 19.4. The zero-order valence-electron chi connectivity index (χ0n) is 17.9. The Morgan fingerprint density at radius 3 is 2.64 bits per heavy atom. The van der Waals surface area contributed by atoms with Crippen molar-refractivity contribution in [1.82, 2.24) is 4.98 Å². The number of rotatable bonds is 4. The highest BCUT2D eigenvalue weighted by Gasteiger charge is 2.32. The largest absolute Gasteiger partial charge is 0.416 e. The molecule has 2 amide bonds. The molecular formula is C24H22F3N5O. The lowest BCUT2D eigenvalue weighted by atomic mass is 10.1. The van der Waals surface area contributed by atoms with E-state index in [1.807, 2.05) is 24.3 Å². The first-order chi connectivity index (χ1) is 15.8. The smallest absolute Gasteiger partial charge is 0.365 e. The summed E-state index contributed by atoms with van der Waals surface area (Å²) in [6, 6.07) is 12.4. The van der Waals surface area contributed by atoms with Gasteiger partial charge in [-0.05, 0) is 54.4 Å². The number of aliphatic imine (C=N–C) groups is 1. The lowest BCUT2D eigenvalue weighted by Crippen LogP contribution is -2.24. The topological polar surface area (TPSA) is 69.6 Å². The Balaban J connectivity index is 1.55. The highest BCUT2D eigenvalue weighted by molar-refractivity contribution is 6.03. The fraction of sp³-hybridized carbons (Fsp3) is 0.208. The number of amides is 2. The van der Waals surface area contributed by atoms with Crippen molar-refractivity contribution < 1.29 is 18.0 Å². The van der Waals surface area contributed by atoms with Crippen LogP contribution in [0.15, 0.2) is 65.9 Å². The number of fused-ring (bicyclic) bond motifs is 1. The Bertz CT molecular complexity index is 1180. The van der Waals surface area contributed by atoms with Crippen molar-refractivity contribution in [3.05, 3.63) is 77.6 Å². The number of hydrogen-bond donors (Lipinski definition) is 2. The third-order valence-electron chi connectivity index (χ3n) is 5.28. The van der Waals surface area contributed by atoms with E-state index in [1.54, 1.807) is 24.7 Å². The van der Waals surface area contributed by atoms with Gasteiger partial charge in [-0.1, -0.05) is 12.1 Å². The molecule has 1 aromatic heterocycles. The normalized spacial score (nSPS) is 13.3. The van der Waals surface area contributed by atoms with Crippen LogP contribution in [0, 0.1) is 6.92 Å². The van der Waals surface area contributed by atoms with Gasteiger partial charge in [0.2, 0.25) is 0 Å². The fourth-order valence-electron chi connectivity index (χ4n) is 3.68. The summed E-state index contributed by atoms with van der Waals surface area (Å²) in [5, 5.41) is 5.20. The van der Waals surface area contributed by atoms with E-state index in [4.69, 9.17) is 0 Å². The Kier molecular flexibility index (Phi) is 6.30. The number of aromatic nitrogens is 1. The van der Waals surface area contributed by atoms with Gasteiger partial charge in [0.25, 0.3) is 0 Å². The second kappa shape index (κ2) is 9.32. The van der Waals surface area contributed by atoms with Gasteiger partial charge in [-0.25, -0.2) is 4.79 Å². The van der Waals surface area contributed by atoms with Crippen molar-refractivity contribution in [2.45, 2.75) is 26.1 Å². The third-order valence-corrected chi connectivity index (χ3v) is 5.28. The number of halogens is 3. The first-order valence-corrected chi connectivity index (χ1v) is 10.4. The minimum atomic E-state index is -4.50. The van der Waals surface area contributed by atoms with E-state index in [1.165, 1.54) is 19.1 Å². The molecular weight excluding hydrogens is 431 g/mol. The minimum Gasteiger partial charge on any atom is -0.365 e. The number of anilines is 3. The number of alkyl halides is 3. The van der Waals surface area contributed by atoms with Crippen LogP contribution in [-0.2, 0) is 12.7 Å². The van der Waals surface area contributed by atoms with Crippen LogP contribution in [0.5, 0.6) is 0 Å². The third kappa shape index (κ3) is 5.31. The van der Waals surface area contributed by atoms with Crippen LogP contribution >= 0.6 is 0 Å². The average molecular weight is 453 g/mol. The van der Waals surface area contributed by atoms with Crippen LogP contribution in [0.3, 0.4) is 0 Å². The molecule has 2 aromatic carbocycles. The van der Waals surface area contributed by atoms with E-state index in [0.717, 1.165) is 30.3 Å². The van der Waals surface area contributed by atoms with E-state index in [-0.39, 0.29) is 11.3 Å². The van der Waals surface area contributed by atoms with E-state index in [2.05, 4.69) is 25.5 Å². The molecule has 4 rings (SSSR count). The van der Waals surface area contributed by atoms with Gasteiger partial charge in [-0.15, -0.1) is 0 Å². The first kappa shape index (κ1) is 22.3. The van der Waals surface area contributed by atoms with E-state index < -0.39 is 17.8 Å². The van der Waals surface area contributed by atoms with Gasteiger partial charge in [0.15, 0.2) is 0 Å². The number of carbonyl (C=O) groups is 1. The molecule has 0 aliphatic carbocycles. The standard InChI is InChI=1S/C24H22F3N5O/c1-16-6-7-18(14-19(16)24(25,26)27)30-23(33)31-20-4-2-5-21-22(20)29-10-3-13-32(21)15-17-8-11-28-12-9-17/h2,4-12,14H,3,13,15H2,1H3,(H2,30,31,33). The highest BCUT2D eigenvalue weighted by Crippen LogP contribution is 2.38. The quantitative estimate of drug-likeness (QED) is 0.497. The lowest BCUT2D eigenvalue weighted by molar-refractivity contribution is -0.138. The van der Waals surface area contributed by atoms with Crippen LogP contribution in [0.1, 0.15) is 23.1 Å².